The Balaban J connectivity index is 1.59. The van der Waals surface area contributed by atoms with E-state index < -0.39 is 0 Å². The molecule has 0 amide bonds. The molecule has 2 aromatic rings. The first-order valence-electron chi connectivity index (χ1n) is 13.2. The lowest BCUT2D eigenvalue weighted by molar-refractivity contribution is 0.305. The molecule has 0 spiro atoms. The molecule has 0 saturated carbocycles. The van der Waals surface area contributed by atoms with Crippen LogP contribution in [0.2, 0.25) is 0 Å². The summed E-state index contributed by atoms with van der Waals surface area (Å²) in [6, 6.07) is 17.7. The molecule has 0 bridgehead atoms. The van der Waals surface area contributed by atoms with Crippen LogP contribution in [0.1, 0.15) is 103 Å². The summed E-state index contributed by atoms with van der Waals surface area (Å²) in [7, 11) is 0. The second-order valence-electron chi connectivity index (χ2n) is 9.21. The third-order valence-corrected chi connectivity index (χ3v) is 7.01. The highest BCUT2D eigenvalue weighted by molar-refractivity contribution is 7.80. The van der Waals surface area contributed by atoms with Crippen molar-refractivity contribution in [3.05, 3.63) is 54.1 Å². The van der Waals surface area contributed by atoms with Crippen LogP contribution in [0.3, 0.4) is 0 Å². The summed E-state index contributed by atoms with van der Waals surface area (Å²) in [6.07, 6.45) is 18.2. The van der Waals surface area contributed by atoms with E-state index in [1.165, 1.54) is 100 Å². The second kappa shape index (κ2) is 17.1. The normalized spacial score (nSPS) is 12.1. The van der Waals surface area contributed by atoms with Crippen molar-refractivity contribution in [2.75, 3.05) is 6.61 Å². The van der Waals surface area contributed by atoms with Gasteiger partial charge in [-0.05, 0) is 60.9 Å². The number of unbranched alkanes of at least 4 members (excludes halogenated alkanes) is 9. The fraction of sp³-hybridized carbons (Fsp3) is 0.600. The maximum absolute atomic E-state index is 5.86. The molecule has 0 N–H and O–H groups in total. The number of hydrogen-bond acceptors (Lipinski definition) is 2. The molecule has 1 unspecified atom stereocenters. The van der Waals surface area contributed by atoms with Crippen molar-refractivity contribution in [2.24, 2.45) is 0 Å². The van der Waals surface area contributed by atoms with E-state index in [1.54, 1.807) is 0 Å². The van der Waals surface area contributed by atoms with Gasteiger partial charge in [0.25, 0.3) is 0 Å². The van der Waals surface area contributed by atoms with Gasteiger partial charge in [0.2, 0.25) is 0 Å². The standard InChI is InChI=1S/C30H46OS/c1-3-5-6-14-25-31-29-23-21-28(22-24-29)27-19-17-26(18-20-27)15-12-10-8-7-9-11-13-16-30(32)4-2/h17-24,30,32H,3-16,25H2,1-2H3. The van der Waals surface area contributed by atoms with Gasteiger partial charge in [0.1, 0.15) is 5.75 Å². The first-order valence-corrected chi connectivity index (χ1v) is 13.7. The highest BCUT2D eigenvalue weighted by Gasteiger charge is 2.02. The second-order valence-corrected chi connectivity index (χ2v) is 9.94. The predicted octanol–water partition coefficient (Wildman–Crippen LogP) is 9.68. The minimum Gasteiger partial charge on any atom is -0.494 e. The van der Waals surface area contributed by atoms with Gasteiger partial charge in [0.05, 0.1) is 6.61 Å². The lowest BCUT2D eigenvalue weighted by atomic mass is 10.0. The Morgan fingerprint density at radius 3 is 1.84 bits per heavy atom. The Morgan fingerprint density at radius 1 is 0.656 bits per heavy atom. The Hall–Kier alpha value is -1.41. The van der Waals surface area contributed by atoms with Crippen molar-refractivity contribution < 1.29 is 4.74 Å². The fourth-order valence-corrected chi connectivity index (χ4v) is 4.31. The van der Waals surface area contributed by atoms with E-state index in [2.05, 4.69) is 75.0 Å². The Kier molecular flexibility index (Phi) is 14.4. The van der Waals surface area contributed by atoms with Gasteiger partial charge in [-0.3, -0.25) is 0 Å². The molecule has 32 heavy (non-hydrogen) atoms. The van der Waals surface area contributed by atoms with Crippen molar-refractivity contribution in [1.82, 2.24) is 0 Å². The van der Waals surface area contributed by atoms with Crippen LogP contribution in [0.4, 0.5) is 0 Å². The van der Waals surface area contributed by atoms with Crippen LogP contribution < -0.4 is 4.74 Å². The molecule has 0 radical (unpaired) electrons. The van der Waals surface area contributed by atoms with Crippen molar-refractivity contribution in [3.8, 4) is 16.9 Å². The SMILES string of the molecule is CCCCCCOc1ccc(-c2ccc(CCCCCCCCCC(S)CC)cc2)cc1. The molecule has 0 aromatic heterocycles. The first kappa shape index (κ1) is 26.8. The fourth-order valence-electron chi connectivity index (χ4n) is 4.12. The highest BCUT2D eigenvalue weighted by atomic mass is 32.1. The summed E-state index contributed by atoms with van der Waals surface area (Å²) in [4.78, 5) is 0. The molecule has 0 saturated heterocycles. The Labute approximate surface area is 203 Å². The van der Waals surface area contributed by atoms with Crippen LogP contribution in [-0.4, -0.2) is 11.9 Å². The quantitative estimate of drug-likeness (QED) is 0.174. The molecule has 2 aromatic carbocycles. The average Bonchev–Trinajstić information content (AvgIpc) is 2.83. The van der Waals surface area contributed by atoms with Crippen LogP contribution in [0.5, 0.6) is 5.75 Å². The van der Waals surface area contributed by atoms with Crippen molar-refractivity contribution in [1.29, 1.82) is 0 Å². The van der Waals surface area contributed by atoms with E-state index in [1.807, 2.05) is 0 Å². The highest BCUT2D eigenvalue weighted by Crippen LogP contribution is 2.24. The summed E-state index contributed by atoms with van der Waals surface area (Å²) < 4.78 is 5.86. The van der Waals surface area contributed by atoms with E-state index in [4.69, 9.17) is 4.74 Å². The molecular weight excluding hydrogens is 408 g/mol. The molecule has 1 atom stereocenters. The monoisotopic (exact) mass is 454 g/mol. The predicted molar refractivity (Wildman–Crippen MR) is 145 cm³/mol. The smallest absolute Gasteiger partial charge is 0.119 e. The summed E-state index contributed by atoms with van der Waals surface area (Å²) in [5.41, 5.74) is 4.01. The summed E-state index contributed by atoms with van der Waals surface area (Å²) >= 11 is 4.58. The van der Waals surface area contributed by atoms with Crippen LogP contribution in [0.15, 0.2) is 48.5 Å². The van der Waals surface area contributed by atoms with Crippen molar-refractivity contribution in [3.63, 3.8) is 0 Å². The molecular formula is C30H46OS. The molecule has 2 heteroatoms. The minimum absolute atomic E-state index is 0.611. The largest absolute Gasteiger partial charge is 0.494 e. The van der Waals surface area contributed by atoms with Gasteiger partial charge in [0.15, 0.2) is 0 Å². The van der Waals surface area contributed by atoms with Gasteiger partial charge in [-0.25, -0.2) is 0 Å². The molecule has 0 aliphatic heterocycles. The zero-order valence-electron chi connectivity index (χ0n) is 20.7. The third-order valence-electron chi connectivity index (χ3n) is 6.38. The molecule has 2 rings (SSSR count). The number of thiol groups is 1. The van der Waals surface area contributed by atoms with Crippen LogP contribution >= 0.6 is 12.6 Å². The van der Waals surface area contributed by atoms with Crippen molar-refractivity contribution >= 4 is 12.6 Å². The van der Waals surface area contributed by atoms with Crippen LogP contribution in [0, 0.1) is 0 Å². The minimum atomic E-state index is 0.611. The zero-order valence-corrected chi connectivity index (χ0v) is 21.6. The van der Waals surface area contributed by atoms with Gasteiger partial charge in [0, 0.05) is 5.25 Å². The van der Waals surface area contributed by atoms with E-state index in [-0.39, 0.29) is 0 Å². The van der Waals surface area contributed by atoms with E-state index in [0.29, 0.717) is 5.25 Å². The Morgan fingerprint density at radius 2 is 1.22 bits per heavy atom. The zero-order chi connectivity index (χ0) is 22.9. The van der Waals surface area contributed by atoms with E-state index in [0.717, 1.165) is 18.8 Å². The first-order chi connectivity index (χ1) is 15.7. The molecule has 0 aliphatic carbocycles. The summed E-state index contributed by atoms with van der Waals surface area (Å²) in [5, 5.41) is 0.611. The summed E-state index contributed by atoms with van der Waals surface area (Å²) in [6.45, 7) is 5.29. The van der Waals surface area contributed by atoms with Crippen LogP contribution in [0.25, 0.3) is 11.1 Å². The topological polar surface area (TPSA) is 9.23 Å². The lowest BCUT2D eigenvalue weighted by Gasteiger charge is -2.08. The van der Waals surface area contributed by atoms with Crippen molar-refractivity contribution in [2.45, 2.75) is 109 Å². The van der Waals surface area contributed by atoms with Gasteiger partial charge < -0.3 is 4.74 Å². The number of benzene rings is 2. The van der Waals surface area contributed by atoms with E-state index in [9.17, 15) is 0 Å². The lowest BCUT2D eigenvalue weighted by Crippen LogP contribution is -1.96. The molecule has 178 valence electrons. The summed E-state index contributed by atoms with van der Waals surface area (Å²) in [5.74, 6) is 0.980. The molecule has 0 aliphatic rings. The van der Waals surface area contributed by atoms with Gasteiger partial charge in [-0.2, -0.15) is 12.6 Å². The van der Waals surface area contributed by atoms with Crippen LogP contribution in [-0.2, 0) is 6.42 Å². The van der Waals surface area contributed by atoms with Gasteiger partial charge in [-0.15, -0.1) is 0 Å². The maximum Gasteiger partial charge on any atom is 0.119 e. The molecule has 0 fully saturated rings. The third kappa shape index (κ3) is 11.5. The molecule has 0 heterocycles. The number of rotatable bonds is 18. The number of hydrogen-bond donors (Lipinski definition) is 1. The Bertz CT molecular complexity index is 692. The number of ether oxygens (including phenoxy) is 1. The van der Waals surface area contributed by atoms with Gasteiger partial charge in [-0.1, -0.05) is 108 Å². The van der Waals surface area contributed by atoms with Gasteiger partial charge >= 0.3 is 0 Å². The number of aryl methyl sites for hydroxylation is 1. The molecule has 1 nitrogen and oxygen atoms in total. The maximum atomic E-state index is 5.86. The average molecular weight is 455 g/mol. The van der Waals surface area contributed by atoms with E-state index >= 15 is 0 Å².